The molecule has 108 valence electrons. The summed E-state index contributed by atoms with van der Waals surface area (Å²) < 4.78 is 5.31. The van der Waals surface area contributed by atoms with Gasteiger partial charge in [-0.15, -0.1) is 0 Å². The van der Waals surface area contributed by atoms with Crippen molar-refractivity contribution < 1.29 is 4.52 Å². The van der Waals surface area contributed by atoms with Gasteiger partial charge in [0.15, 0.2) is 5.82 Å². The van der Waals surface area contributed by atoms with Crippen LogP contribution in [0.4, 0.5) is 0 Å². The smallest absolute Gasteiger partial charge is 0.231 e. The van der Waals surface area contributed by atoms with Crippen molar-refractivity contribution >= 4 is 23.2 Å². The van der Waals surface area contributed by atoms with Crippen molar-refractivity contribution in [1.82, 2.24) is 15.5 Å². The molecule has 0 fully saturated rings. The van der Waals surface area contributed by atoms with E-state index in [0.29, 0.717) is 28.2 Å². The molecular formula is C14H17Cl2N3O. The van der Waals surface area contributed by atoms with Gasteiger partial charge in [-0.1, -0.05) is 41.3 Å². The fraction of sp³-hybridized carbons (Fsp3) is 0.429. The number of nitrogens with zero attached hydrogens (tertiary/aromatic N) is 2. The molecule has 2 unspecified atom stereocenters. The number of hydrogen-bond donors (Lipinski definition) is 1. The first kappa shape index (κ1) is 15.3. The minimum absolute atomic E-state index is 0.142. The van der Waals surface area contributed by atoms with Crippen molar-refractivity contribution in [2.45, 2.75) is 32.2 Å². The van der Waals surface area contributed by atoms with Gasteiger partial charge < -0.3 is 9.84 Å². The molecule has 0 aliphatic rings. The van der Waals surface area contributed by atoms with Crippen LogP contribution in [0, 0.1) is 0 Å². The summed E-state index contributed by atoms with van der Waals surface area (Å²) in [4.78, 5) is 4.42. The van der Waals surface area contributed by atoms with E-state index in [1.165, 1.54) is 0 Å². The third-order valence-corrected chi connectivity index (χ3v) is 4.18. The molecule has 0 amide bonds. The van der Waals surface area contributed by atoms with Crippen molar-refractivity contribution in [2.75, 3.05) is 7.05 Å². The average Bonchev–Trinajstić information content (AvgIpc) is 2.90. The van der Waals surface area contributed by atoms with Crippen LogP contribution in [-0.4, -0.2) is 23.2 Å². The van der Waals surface area contributed by atoms with Gasteiger partial charge in [-0.3, -0.25) is 0 Å². The lowest BCUT2D eigenvalue weighted by molar-refractivity contribution is 0.333. The molecule has 0 saturated carbocycles. The van der Waals surface area contributed by atoms with Crippen LogP contribution in [-0.2, 0) is 6.42 Å². The number of aromatic nitrogens is 2. The van der Waals surface area contributed by atoms with Gasteiger partial charge in [0.05, 0.1) is 5.92 Å². The van der Waals surface area contributed by atoms with Crippen LogP contribution >= 0.6 is 23.2 Å². The van der Waals surface area contributed by atoms with Crippen molar-refractivity contribution in [3.63, 3.8) is 0 Å². The monoisotopic (exact) mass is 313 g/mol. The normalized spacial score (nSPS) is 14.2. The summed E-state index contributed by atoms with van der Waals surface area (Å²) >= 11 is 12.3. The maximum atomic E-state index is 6.14. The van der Waals surface area contributed by atoms with Crippen LogP contribution in [0.3, 0.4) is 0 Å². The Morgan fingerprint density at radius 3 is 2.50 bits per heavy atom. The summed E-state index contributed by atoms with van der Waals surface area (Å²) in [6.07, 6.45) is 0.461. The molecule has 6 heteroatoms. The number of hydrogen-bond acceptors (Lipinski definition) is 4. The Morgan fingerprint density at radius 2 is 1.90 bits per heavy atom. The van der Waals surface area contributed by atoms with E-state index in [9.17, 15) is 0 Å². The minimum atomic E-state index is 0.142. The van der Waals surface area contributed by atoms with Crippen LogP contribution in [0.1, 0.15) is 37.0 Å². The van der Waals surface area contributed by atoms with E-state index >= 15 is 0 Å². The summed E-state index contributed by atoms with van der Waals surface area (Å²) in [6, 6.07) is 5.67. The summed E-state index contributed by atoms with van der Waals surface area (Å²) in [5, 5.41) is 8.39. The third kappa shape index (κ3) is 3.32. The molecule has 2 aromatic rings. The van der Waals surface area contributed by atoms with Crippen LogP contribution in [0.5, 0.6) is 0 Å². The highest BCUT2D eigenvalue weighted by molar-refractivity contribution is 6.36. The van der Waals surface area contributed by atoms with Crippen molar-refractivity contribution in [1.29, 1.82) is 0 Å². The van der Waals surface area contributed by atoms with Gasteiger partial charge in [0.2, 0.25) is 5.89 Å². The van der Waals surface area contributed by atoms with Gasteiger partial charge in [-0.25, -0.2) is 0 Å². The molecule has 1 N–H and O–H groups in total. The fourth-order valence-electron chi connectivity index (χ4n) is 1.85. The zero-order valence-corrected chi connectivity index (χ0v) is 13.2. The van der Waals surface area contributed by atoms with Gasteiger partial charge in [-0.2, -0.15) is 4.98 Å². The van der Waals surface area contributed by atoms with Crippen LogP contribution in [0.25, 0.3) is 0 Å². The lowest BCUT2D eigenvalue weighted by Gasteiger charge is -2.14. The van der Waals surface area contributed by atoms with E-state index in [-0.39, 0.29) is 12.0 Å². The molecule has 2 rings (SSSR count). The molecule has 0 bridgehead atoms. The van der Waals surface area contributed by atoms with E-state index in [1.54, 1.807) is 12.1 Å². The maximum absolute atomic E-state index is 6.14. The second-order valence-corrected chi connectivity index (χ2v) is 5.61. The predicted molar refractivity (Wildman–Crippen MR) is 80.5 cm³/mol. The molecule has 0 spiro atoms. The van der Waals surface area contributed by atoms with Gasteiger partial charge in [0.1, 0.15) is 0 Å². The zero-order chi connectivity index (χ0) is 14.7. The summed E-state index contributed by atoms with van der Waals surface area (Å²) in [7, 11) is 1.90. The first-order valence-electron chi connectivity index (χ1n) is 6.45. The average molecular weight is 314 g/mol. The van der Waals surface area contributed by atoms with E-state index in [4.69, 9.17) is 27.7 Å². The second-order valence-electron chi connectivity index (χ2n) is 4.79. The lowest BCUT2D eigenvalue weighted by Crippen LogP contribution is -2.27. The molecule has 0 radical (unpaired) electrons. The van der Waals surface area contributed by atoms with Gasteiger partial charge in [0, 0.05) is 22.5 Å². The molecule has 1 aromatic carbocycles. The Morgan fingerprint density at radius 1 is 1.25 bits per heavy atom. The van der Waals surface area contributed by atoms with E-state index in [2.05, 4.69) is 22.4 Å². The van der Waals surface area contributed by atoms with Crippen molar-refractivity contribution in [3.05, 3.63) is 45.5 Å². The van der Waals surface area contributed by atoms with Gasteiger partial charge >= 0.3 is 0 Å². The Kier molecular flexibility index (Phi) is 5.02. The molecule has 4 nitrogen and oxygen atoms in total. The fourth-order valence-corrected chi connectivity index (χ4v) is 2.38. The maximum Gasteiger partial charge on any atom is 0.231 e. The van der Waals surface area contributed by atoms with Crippen molar-refractivity contribution in [3.8, 4) is 0 Å². The third-order valence-electron chi connectivity index (χ3n) is 3.48. The zero-order valence-electron chi connectivity index (χ0n) is 11.7. The van der Waals surface area contributed by atoms with Crippen LogP contribution in [0.15, 0.2) is 22.7 Å². The highest BCUT2D eigenvalue weighted by atomic mass is 35.5. The second kappa shape index (κ2) is 6.57. The van der Waals surface area contributed by atoms with E-state index in [1.807, 2.05) is 20.0 Å². The molecule has 1 aromatic heterocycles. The molecule has 0 saturated heterocycles. The SMILES string of the molecule is CNC(C)C(C)c1nc(Cc2c(Cl)cccc2Cl)no1. The minimum Gasteiger partial charge on any atom is -0.339 e. The summed E-state index contributed by atoms with van der Waals surface area (Å²) in [5.41, 5.74) is 0.817. The lowest BCUT2D eigenvalue weighted by atomic mass is 10.0. The van der Waals surface area contributed by atoms with Crippen molar-refractivity contribution in [2.24, 2.45) is 0 Å². The standard InChI is InChI=1S/C14H17Cl2N3O/c1-8(9(2)17-3)14-18-13(19-20-14)7-10-11(15)5-4-6-12(10)16/h4-6,8-9,17H,7H2,1-3H3. The number of benzene rings is 1. The molecular weight excluding hydrogens is 297 g/mol. The quantitative estimate of drug-likeness (QED) is 0.914. The first-order chi connectivity index (χ1) is 9.52. The number of nitrogens with one attached hydrogen (secondary N) is 1. The van der Waals surface area contributed by atoms with Crippen LogP contribution in [0.2, 0.25) is 10.0 Å². The largest absolute Gasteiger partial charge is 0.339 e. The topological polar surface area (TPSA) is 51.0 Å². The van der Waals surface area contributed by atoms with Gasteiger partial charge in [-0.05, 0) is 31.7 Å². The molecule has 2 atom stereocenters. The van der Waals surface area contributed by atoms with E-state index < -0.39 is 0 Å². The van der Waals surface area contributed by atoms with Gasteiger partial charge in [0.25, 0.3) is 0 Å². The Balaban J connectivity index is 2.18. The molecule has 0 aliphatic carbocycles. The highest BCUT2D eigenvalue weighted by Crippen LogP contribution is 2.26. The van der Waals surface area contributed by atoms with E-state index in [0.717, 1.165) is 5.56 Å². The first-order valence-corrected chi connectivity index (χ1v) is 7.21. The number of halogens is 2. The van der Waals surface area contributed by atoms with Crippen LogP contribution < -0.4 is 5.32 Å². The Bertz CT molecular complexity index is 565. The Hall–Kier alpha value is -1.10. The highest BCUT2D eigenvalue weighted by Gasteiger charge is 2.20. The molecule has 20 heavy (non-hydrogen) atoms. The predicted octanol–water partition coefficient (Wildman–Crippen LogP) is 3.68. The number of rotatable bonds is 5. The molecule has 0 aliphatic heterocycles. The number of likely N-dealkylation sites (N-methyl/N-ethyl adjacent to an activating group) is 1. The summed E-state index contributed by atoms with van der Waals surface area (Å²) in [6.45, 7) is 4.11. The summed E-state index contributed by atoms with van der Waals surface area (Å²) in [5.74, 6) is 1.35. The molecule has 1 heterocycles. The Labute approximate surface area is 128 Å².